The van der Waals surface area contributed by atoms with Gasteiger partial charge in [-0.2, -0.15) is 0 Å². The zero-order valence-corrected chi connectivity index (χ0v) is 10.4. The Labute approximate surface area is 96.7 Å². The van der Waals surface area contributed by atoms with E-state index in [0.717, 1.165) is 17.9 Å². The molecule has 0 fully saturated rings. The van der Waals surface area contributed by atoms with E-state index in [0.29, 0.717) is 12.5 Å². The molecular weight excluding hydrogens is 205 g/mol. The molecule has 0 radical (unpaired) electrons. The molecule has 1 rings (SSSR count). The van der Waals surface area contributed by atoms with Gasteiger partial charge in [0.15, 0.2) is 0 Å². The van der Waals surface area contributed by atoms with Crippen LogP contribution in [0.3, 0.4) is 0 Å². The number of nitrogens with one attached hydrogen (secondary N) is 1. The second-order valence-corrected chi connectivity index (χ2v) is 4.56. The van der Waals surface area contributed by atoms with Gasteiger partial charge in [0.1, 0.15) is 11.6 Å². The van der Waals surface area contributed by atoms with Gasteiger partial charge in [-0.05, 0) is 18.5 Å². The predicted octanol–water partition coefficient (Wildman–Crippen LogP) is 2.03. The highest BCUT2D eigenvalue weighted by Crippen LogP contribution is 2.15. The highest BCUT2D eigenvalue weighted by molar-refractivity contribution is 5.45. The maximum atomic E-state index is 13.1. The average molecular weight is 225 g/mol. The molecule has 0 aliphatic rings. The van der Waals surface area contributed by atoms with E-state index in [1.54, 1.807) is 0 Å². The molecule has 0 spiro atoms. The minimum atomic E-state index is -0.285. The molecule has 1 aromatic heterocycles. The fourth-order valence-electron chi connectivity index (χ4n) is 1.50. The standard InChI is InChI=1S/C12H20FN3/c1-9(2)6-14-7-10-5-11(13)8-15-12(10)16(3)4/h5,8-9,14H,6-7H2,1-4H3. The van der Waals surface area contributed by atoms with Crippen molar-refractivity contribution >= 4 is 5.82 Å². The van der Waals surface area contributed by atoms with E-state index in [1.165, 1.54) is 12.3 Å². The maximum Gasteiger partial charge on any atom is 0.141 e. The summed E-state index contributed by atoms with van der Waals surface area (Å²) in [4.78, 5) is 5.98. The summed E-state index contributed by atoms with van der Waals surface area (Å²) in [6.45, 7) is 5.85. The van der Waals surface area contributed by atoms with Crippen LogP contribution in [0, 0.1) is 11.7 Å². The van der Waals surface area contributed by atoms with Crippen LogP contribution in [0.2, 0.25) is 0 Å². The second kappa shape index (κ2) is 5.80. The molecule has 4 heteroatoms. The van der Waals surface area contributed by atoms with Crippen LogP contribution in [0.25, 0.3) is 0 Å². The lowest BCUT2D eigenvalue weighted by Crippen LogP contribution is -2.22. The first kappa shape index (κ1) is 12.9. The van der Waals surface area contributed by atoms with E-state index in [-0.39, 0.29) is 5.82 Å². The van der Waals surface area contributed by atoms with Crippen molar-refractivity contribution < 1.29 is 4.39 Å². The minimum Gasteiger partial charge on any atom is -0.362 e. The summed E-state index contributed by atoms with van der Waals surface area (Å²) in [6, 6.07) is 1.54. The molecule has 0 aromatic carbocycles. The summed E-state index contributed by atoms with van der Waals surface area (Å²) in [5.41, 5.74) is 0.894. The van der Waals surface area contributed by atoms with Gasteiger partial charge in [0.05, 0.1) is 6.20 Å². The second-order valence-electron chi connectivity index (χ2n) is 4.56. The molecule has 0 aliphatic carbocycles. The van der Waals surface area contributed by atoms with Crippen LogP contribution >= 0.6 is 0 Å². The van der Waals surface area contributed by atoms with Crippen molar-refractivity contribution in [2.45, 2.75) is 20.4 Å². The van der Waals surface area contributed by atoms with Crippen LogP contribution in [-0.4, -0.2) is 25.6 Å². The van der Waals surface area contributed by atoms with Crippen LogP contribution in [0.4, 0.5) is 10.2 Å². The third kappa shape index (κ3) is 3.77. The van der Waals surface area contributed by atoms with Gasteiger partial charge in [-0.1, -0.05) is 13.8 Å². The van der Waals surface area contributed by atoms with Gasteiger partial charge in [-0.3, -0.25) is 0 Å². The topological polar surface area (TPSA) is 28.2 Å². The van der Waals surface area contributed by atoms with Crippen molar-refractivity contribution in [2.75, 3.05) is 25.5 Å². The van der Waals surface area contributed by atoms with Gasteiger partial charge in [-0.25, -0.2) is 9.37 Å². The van der Waals surface area contributed by atoms with Gasteiger partial charge in [-0.15, -0.1) is 0 Å². The third-order valence-corrected chi connectivity index (χ3v) is 2.20. The van der Waals surface area contributed by atoms with Gasteiger partial charge >= 0.3 is 0 Å². The number of hydrogen-bond acceptors (Lipinski definition) is 3. The van der Waals surface area contributed by atoms with Gasteiger partial charge < -0.3 is 10.2 Å². The largest absolute Gasteiger partial charge is 0.362 e. The van der Waals surface area contributed by atoms with Crippen LogP contribution in [0.15, 0.2) is 12.3 Å². The first-order valence-electron chi connectivity index (χ1n) is 5.53. The molecule has 1 heterocycles. The highest BCUT2D eigenvalue weighted by Gasteiger charge is 2.07. The van der Waals surface area contributed by atoms with Crippen molar-refractivity contribution in [3.63, 3.8) is 0 Å². The van der Waals surface area contributed by atoms with Crippen LogP contribution in [-0.2, 0) is 6.54 Å². The lowest BCUT2D eigenvalue weighted by atomic mass is 10.2. The highest BCUT2D eigenvalue weighted by atomic mass is 19.1. The fourth-order valence-corrected chi connectivity index (χ4v) is 1.50. The number of aromatic nitrogens is 1. The van der Waals surface area contributed by atoms with E-state index in [4.69, 9.17) is 0 Å². The molecule has 0 aliphatic heterocycles. The van der Waals surface area contributed by atoms with Gasteiger partial charge in [0.2, 0.25) is 0 Å². The zero-order valence-electron chi connectivity index (χ0n) is 10.4. The SMILES string of the molecule is CC(C)CNCc1cc(F)cnc1N(C)C. The Morgan fingerprint density at radius 3 is 2.69 bits per heavy atom. The van der Waals surface area contributed by atoms with Gasteiger partial charge in [0.25, 0.3) is 0 Å². The molecule has 1 N–H and O–H groups in total. The summed E-state index contributed by atoms with van der Waals surface area (Å²) in [5, 5.41) is 3.29. The smallest absolute Gasteiger partial charge is 0.141 e. The summed E-state index contributed by atoms with van der Waals surface area (Å²) in [6.07, 6.45) is 1.25. The number of halogens is 1. The molecule has 0 unspecified atom stereocenters. The molecule has 16 heavy (non-hydrogen) atoms. The molecule has 3 nitrogen and oxygen atoms in total. The molecular formula is C12H20FN3. The Morgan fingerprint density at radius 2 is 2.12 bits per heavy atom. The van der Waals surface area contributed by atoms with Crippen LogP contribution < -0.4 is 10.2 Å². The Hall–Kier alpha value is -1.16. The summed E-state index contributed by atoms with van der Waals surface area (Å²) >= 11 is 0. The summed E-state index contributed by atoms with van der Waals surface area (Å²) < 4.78 is 13.1. The van der Waals surface area contributed by atoms with Crippen molar-refractivity contribution in [3.8, 4) is 0 Å². The Morgan fingerprint density at radius 1 is 1.44 bits per heavy atom. The van der Waals surface area contributed by atoms with Crippen molar-refractivity contribution in [3.05, 3.63) is 23.6 Å². The molecule has 0 bridgehead atoms. The van der Waals surface area contributed by atoms with E-state index in [1.807, 2.05) is 19.0 Å². The summed E-state index contributed by atoms with van der Waals surface area (Å²) in [5.74, 6) is 1.12. The predicted molar refractivity (Wildman–Crippen MR) is 65.1 cm³/mol. The minimum absolute atomic E-state index is 0.285. The van der Waals surface area contributed by atoms with E-state index in [2.05, 4.69) is 24.1 Å². The Bertz CT molecular complexity index is 337. The van der Waals surface area contributed by atoms with E-state index < -0.39 is 0 Å². The summed E-state index contributed by atoms with van der Waals surface area (Å²) in [7, 11) is 3.82. The number of anilines is 1. The first-order valence-corrected chi connectivity index (χ1v) is 5.53. The average Bonchev–Trinajstić information content (AvgIpc) is 2.16. The Balaban J connectivity index is 2.72. The number of nitrogens with zero attached hydrogens (tertiary/aromatic N) is 2. The monoisotopic (exact) mass is 225 g/mol. The van der Waals surface area contributed by atoms with Crippen LogP contribution in [0.5, 0.6) is 0 Å². The molecule has 0 saturated carbocycles. The lowest BCUT2D eigenvalue weighted by Gasteiger charge is -2.16. The number of pyridine rings is 1. The fraction of sp³-hybridized carbons (Fsp3) is 0.583. The quantitative estimate of drug-likeness (QED) is 0.831. The molecule has 0 amide bonds. The molecule has 0 atom stereocenters. The normalized spacial score (nSPS) is 10.9. The zero-order chi connectivity index (χ0) is 12.1. The lowest BCUT2D eigenvalue weighted by molar-refractivity contribution is 0.549. The first-order chi connectivity index (χ1) is 7.50. The van der Waals surface area contributed by atoms with Crippen molar-refractivity contribution in [1.29, 1.82) is 0 Å². The van der Waals surface area contributed by atoms with Gasteiger partial charge in [0, 0.05) is 26.2 Å². The molecule has 1 aromatic rings. The Kier molecular flexibility index (Phi) is 4.68. The van der Waals surface area contributed by atoms with Crippen molar-refractivity contribution in [2.24, 2.45) is 5.92 Å². The number of hydrogen-bond donors (Lipinski definition) is 1. The third-order valence-electron chi connectivity index (χ3n) is 2.20. The van der Waals surface area contributed by atoms with E-state index in [9.17, 15) is 4.39 Å². The van der Waals surface area contributed by atoms with E-state index >= 15 is 0 Å². The maximum absolute atomic E-state index is 13.1. The van der Waals surface area contributed by atoms with Crippen LogP contribution in [0.1, 0.15) is 19.4 Å². The van der Waals surface area contributed by atoms with Crippen molar-refractivity contribution in [1.82, 2.24) is 10.3 Å². The molecule has 90 valence electrons. The number of rotatable bonds is 5. The molecule has 0 saturated heterocycles.